The SMILES string of the molecule is NC(=O)c1ccc(OCC2CCCN2)c(Cl)c1. The molecule has 1 unspecified atom stereocenters. The third-order valence-electron chi connectivity index (χ3n) is 2.82. The maximum Gasteiger partial charge on any atom is 0.248 e. The minimum Gasteiger partial charge on any atom is -0.490 e. The van der Waals surface area contributed by atoms with Gasteiger partial charge in [0, 0.05) is 11.6 Å². The highest BCUT2D eigenvalue weighted by atomic mass is 35.5. The predicted molar refractivity (Wildman–Crippen MR) is 66.5 cm³/mol. The van der Waals surface area contributed by atoms with Crippen LogP contribution in [0.3, 0.4) is 0 Å². The molecule has 1 aliphatic heterocycles. The molecule has 17 heavy (non-hydrogen) atoms. The summed E-state index contributed by atoms with van der Waals surface area (Å²) in [5, 5.41) is 3.75. The lowest BCUT2D eigenvalue weighted by molar-refractivity contribution is 0.100. The molecule has 1 aromatic rings. The van der Waals surface area contributed by atoms with E-state index in [0.717, 1.165) is 13.0 Å². The number of carbonyl (C=O) groups is 1. The van der Waals surface area contributed by atoms with Crippen molar-refractivity contribution in [3.8, 4) is 5.75 Å². The fourth-order valence-corrected chi connectivity index (χ4v) is 2.10. The standard InChI is InChI=1S/C12H15ClN2O2/c13-10-6-8(12(14)16)3-4-11(10)17-7-9-2-1-5-15-9/h3-4,6,9,15H,1-2,5,7H2,(H2,14,16). The Hall–Kier alpha value is -1.26. The number of ether oxygens (including phenoxy) is 1. The molecule has 92 valence electrons. The lowest BCUT2D eigenvalue weighted by atomic mass is 10.2. The van der Waals surface area contributed by atoms with Crippen LogP contribution in [0, 0.1) is 0 Å². The van der Waals surface area contributed by atoms with Gasteiger partial charge in [-0.25, -0.2) is 0 Å². The summed E-state index contributed by atoms with van der Waals surface area (Å²) in [6.07, 6.45) is 2.30. The van der Waals surface area contributed by atoms with Crippen LogP contribution in [0.15, 0.2) is 18.2 Å². The monoisotopic (exact) mass is 254 g/mol. The second kappa shape index (κ2) is 5.38. The van der Waals surface area contributed by atoms with E-state index in [0.29, 0.717) is 29.0 Å². The number of nitrogens with one attached hydrogen (secondary N) is 1. The molecule has 1 aliphatic rings. The summed E-state index contributed by atoms with van der Waals surface area (Å²) in [4.78, 5) is 10.9. The Kier molecular flexibility index (Phi) is 3.86. The van der Waals surface area contributed by atoms with Crippen molar-refractivity contribution in [1.82, 2.24) is 5.32 Å². The van der Waals surface area contributed by atoms with E-state index in [1.54, 1.807) is 12.1 Å². The summed E-state index contributed by atoms with van der Waals surface area (Å²) < 4.78 is 5.61. The molecule has 0 aromatic heterocycles. The van der Waals surface area contributed by atoms with Crippen molar-refractivity contribution >= 4 is 17.5 Å². The molecule has 2 rings (SSSR count). The van der Waals surface area contributed by atoms with Crippen molar-refractivity contribution in [2.45, 2.75) is 18.9 Å². The van der Waals surface area contributed by atoms with Crippen LogP contribution in [0.1, 0.15) is 23.2 Å². The molecule has 1 saturated heterocycles. The van der Waals surface area contributed by atoms with Crippen LogP contribution in [0.25, 0.3) is 0 Å². The first-order valence-corrected chi connectivity index (χ1v) is 6.00. The molecule has 1 aromatic carbocycles. The molecule has 0 radical (unpaired) electrons. The van der Waals surface area contributed by atoms with Crippen molar-refractivity contribution in [3.05, 3.63) is 28.8 Å². The summed E-state index contributed by atoms with van der Waals surface area (Å²) in [5.41, 5.74) is 5.55. The number of amides is 1. The topological polar surface area (TPSA) is 64.4 Å². The second-order valence-corrected chi connectivity index (χ2v) is 4.52. The molecular weight excluding hydrogens is 240 g/mol. The Morgan fingerprint density at radius 2 is 2.41 bits per heavy atom. The van der Waals surface area contributed by atoms with E-state index in [-0.39, 0.29) is 0 Å². The zero-order chi connectivity index (χ0) is 12.3. The van der Waals surface area contributed by atoms with Crippen LogP contribution < -0.4 is 15.8 Å². The fourth-order valence-electron chi connectivity index (χ4n) is 1.86. The first-order chi connectivity index (χ1) is 8.16. The Morgan fingerprint density at radius 1 is 1.59 bits per heavy atom. The summed E-state index contributed by atoms with van der Waals surface area (Å²) in [6.45, 7) is 1.64. The average Bonchev–Trinajstić information content (AvgIpc) is 2.80. The zero-order valence-electron chi connectivity index (χ0n) is 9.41. The summed E-state index contributed by atoms with van der Waals surface area (Å²) in [7, 11) is 0. The molecule has 1 amide bonds. The van der Waals surface area contributed by atoms with Gasteiger partial charge < -0.3 is 15.8 Å². The van der Waals surface area contributed by atoms with Crippen molar-refractivity contribution < 1.29 is 9.53 Å². The van der Waals surface area contributed by atoms with Gasteiger partial charge in [0.2, 0.25) is 5.91 Å². The van der Waals surface area contributed by atoms with Crippen LogP contribution in [0.4, 0.5) is 0 Å². The quantitative estimate of drug-likeness (QED) is 0.857. The Bertz CT molecular complexity index is 417. The Labute approximate surface area is 105 Å². The molecule has 4 nitrogen and oxygen atoms in total. The highest BCUT2D eigenvalue weighted by Crippen LogP contribution is 2.25. The van der Waals surface area contributed by atoms with Crippen molar-refractivity contribution in [3.63, 3.8) is 0 Å². The summed E-state index contributed by atoms with van der Waals surface area (Å²) in [6, 6.07) is 5.21. The van der Waals surface area contributed by atoms with Crippen molar-refractivity contribution in [2.24, 2.45) is 5.73 Å². The maximum atomic E-state index is 10.9. The lowest BCUT2D eigenvalue weighted by Crippen LogP contribution is -2.28. The number of nitrogens with two attached hydrogens (primary N) is 1. The number of rotatable bonds is 4. The minimum absolute atomic E-state index is 0.390. The number of primary amides is 1. The number of carbonyl (C=O) groups excluding carboxylic acids is 1. The Morgan fingerprint density at radius 3 is 3.00 bits per heavy atom. The average molecular weight is 255 g/mol. The zero-order valence-corrected chi connectivity index (χ0v) is 10.2. The highest BCUT2D eigenvalue weighted by Gasteiger charge is 2.15. The van der Waals surface area contributed by atoms with Gasteiger partial charge in [0.05, 0.1) is 5.02 Å². The van der Waals surface area contributed by atoms with Crippen LogP contribution in [0.5, 0.6) is 5.75 Å². The number of halogens is 1. The van der Waals surface area contributed by atoms with Gasteiger partial charge in [-0.3, -0.25) is 4.79 Å². The van der Waals surface area contributed by atoms with Gasteiger partial charge >= 0.3 is 0 Å². The molecule has 0 spiro atoms. The van der Waals surface area contributed by atoms with Crippen molar-refractivity contribution in [2.75, 3.05) is 13.2 Å². The van der Waals surface area contributed by atoms with E-state index in [9.17, 15) is 4.79 Å². The van der Waals surface area contributed by atoms with Gasteiger partial charge in [0.25, 0.3) is 0 Å². The normalized spacial score (nSPS) is 19.2. The molecule has 1 fully saturated rings. The summed E-state index contributed by atoms with van der Waals surface area (Å²) >= 11 is 6.01. The smallest absolute Gasteiger partial charge is 0.248 e. The largest absolute Gasteiger partial charge is 0.490 e. The van der Waals surface area contributed by atoms with Crippen LogP contribution in [0.2, 0.25) is 5.02 Å². The molecular formula is C12H15ClN2O2. The van der Waals surface area contributed by atoms with E-state index >= 15 is 0 Å². The van der Waals surface area contributed by atoms with Crippen LogP contribution in [-0.2, 0) is 0 Å². The molecule has 1 heterocycles. The van der Waals surface area contributed by atoms with E-state index in [2.05, 4.69) is 5.32 Å². The van der Waals surface area contributed by atoms with E-state index in [4.69, 9.17) is 22.1 Å². The first-order valence-electron chi connectivity index (χ1n) is 5.62. The predicted octanol–water partition coefficient (Wildman–Crippen LogP) is 1.57. The van der Waals surface area contributed by atoms with Crippen LogP contribution in [-0.4, -0.2) is 25.1 Å². The maximum absolute atomic E-state index is 10.9. The lowest BCUT2D eigenvalue weighted by Gasteiger charge is -2.13. The number of hydrogen-bond donors (Lipinski definition) is 2. The molecule has 0 bridgehead atoms. The molecule has 5 heteroatoms. The third kappa shape index (κ3) is 3.11. The fraction of sp³-hybridized carbons (Fsp3) is 0.417. The third-order valence-corrected chi connectivity index (χ3v) is 3.11. The molecule has 3 N–H and O–H groups in total. The van der Waals surface area contributed by atoms with E-state index in [1.807, 2.05) is 0 Å². The van der Waals surface area contributed by atoms with Crippen molar-refractivity contribution in [1.29, 1.82) is 0 Å². The Balaban J connectivity index is 1.98. The first kappa shape index (κ1) is 12.2. The number of hydrogen-bond acceptors (Lipinski definition) is 3. The molecule has 0 aliphatic carbocycles. The highest BCUT2D eigenvalue weighted by molar-refractivity contribution is 6.32. The van der Waals surface area contributed by atoms with Gasteiger partial charge in [0.15, 0.2) is 0 Å². The van der Waals surface area contributed by atoms with Gasteiger partial charge in [-0.15, -0.1) is 0 Å². The molecule has 0 saturated carbocycles. The molecule has 1 atom stereocenters. The minimum atomic E-state index is -0.490. The van der Waals surface area contributed by atoms with E-state index in [1.165, 1.54) is 12.5 Å². The van der Waals surface area contributed by atoms with Gasteiger partial charge in [-0.2, -0.15) is 0 Å². The summed E-state index contributed by atoms with van der Waals surface area (Å²) in [5.74, 6) is 0.0984. The van der Waals surface area contributed by atoms with Gasteiger partial charge in [-0.1, -0.05) is 11.6 Å². The van der Waals surface area contributed by atoms with Gasteiger partial charge in [0.1, 0.15) is 12.4 Å². The van der Waals surface area contributed by atoms with Crippen LogP contribution >= 0.6 is 11.6 Å². The van der Waals surface area contributed by atoms with Gasteiger partial charge in [-0.05, 0) is 37.6 Å². The van der Waals surface area contributed by atoms with E-state index < -0.39 is 5.91 Å². The number of benzene rings is 1. The second-order valence-electron chi connectivity index (χ2n) is 4.11.